The fraction of sp³-hybridized carbons (Fsp3) is 0.107. The smallest absolute Gasteiger partial charge is 0.271 e. The summed E-state index contributed by atoms with van der Waals surface area (Å²) >= 11 is 7.30. The lowest BCUT2D eigenvalue weighted by Gasteiger charge is -2.25. The van der Waals surface area contributed by atoms with Crippen LogP contribution in [-0.4, -0.2) is 17.6 Å². The zero-order valence-corrected chi connectivity index (χ0v) is 21.1. The van der Waals surface area contributed by atoms with Gasteiger partial charge in [-0.05, 0) is 60.5 Å². The molecule has 1 amide bonds. The Kier molecular flexibility index (Phi) is 6.59. The van der Waals surface area contributed by atoms with E-state index in [9.17, 15) is 9.59 Å². The maximum Gasteiger partial charge on any atom is 0.271 e. The van der Waals surface area contributed by atoms with Crippen molar-refractivity contribution in [3.8, 4) is 5.75 Å². The molecule has 0 aliphatic carbocycles. The first-order valence-electron chi connectivity index (χ1n) is 11.2. The van der Waals surface area contributed by atoms with E-state index in [0.717, 1.165) is 11.1 Å². The van der Waals surface area contributed by atoms with Gasteiger partial charge in [0, 0.05) is 10.7 Å². The summed E-state index contributed by atoms with van der Waals surface area (Å²) in [6.45, 7) is 1.79. The van der Waals surface area contributed by atoms with E-state index in [1.54, 1.807) is 30.7 Å². The molecule has 8 heteroatoms. The maximum absolute atomic E-state index is 13.7. The predicted molar refractivity (Wildman–Crippen MR) is 143 cm³/mol. The molecule has 0 unspecified atom stereocenters. The normalized spacial score (nSPS) is 15.3. The summed E-state index contributed by atoms with van der Waals surface area (Å²) in [4.78, 5) is 32.5. The van der Waals surface area contributed by atoms with Crippen LogP contribution in [-0.2, 0) is 4.79 Å². The summed E-state index contributed by atoms with van der Waals surface area (Å²) < 4.78 is 7.54. The number of ether oxygens (including phenoxy) is 1. The number of allylic oxidation sites excluding steroid dienone is 1. The molecule has 0 radical (unpaired) electrons. The number of anilines is 1. The van der Waals surface area contributed by atoms with E-state index >= 15 is 0 Å². The number of thiazole rings is 1. The third kappa shape index (κ3) is 4.63. The second-order valence-corrected chi connectivity index (χ2v) is 9.68. The molecule has 1 aliphatic rings. The largest absolute Gasteiger partial charge is 0.497 e. The van der Waals surface area contributed by atoms with E-state index in [1.807, 2.05) is 72.8 Å². The summed E-state index contributed by atoms with van der Waals surface area (Å²) in [7, 11) is 1.58. The Balaban J connectivity index is 1.68. The topological polar surface area (TPSA) is 72.7 Å². The van der Waals surface area contributed by atoms with Crippen LogP contribution in [0.2, 0.25) is 5.02 Å². The molecular weight excluding hydrogens is 494 g/mol. The molecule has 0 bridgehead atoms. The van der Waals surface area contributed by atoms with Gasteiger partial charge in [-0.2, -0.15) is 0 Å². The Hall–Kier alpha value is -3.94. The Morgan fingerprint density at radius 1 is 1.08 bits per heavy atom. The highest BCUT2D eigenvalue weighted by atomic mass is 35.5. The average Bonchev–Trinajstić information content (AvgIpc) is 3.19. The number of halogens is 1. The number of nitrogens with one attached hydrogen (secondary N) is 1. The van der Waals surface area contributed by atoms with Gasteiger partial charge in [0.2, 0.25) is 0 Å². The first-order chi connectivity index (χ1) is 17.4. The molecule has 1 aliphatic heterocycles. The molecule has 0 saturated carbocycles. The van der Waals surface area contributed by atoms with Crippen molar-refractivity contribution in [3.05, 3.63) is 126 Å². The van der Waals surface area contributed by atoms with Crippen LogP contribution in [0, 0.1) is 0 Å². The molecule has 4 aromatic rings. The number of carbonyl (C=O) groups is 1. The van der Waals surface area contributed by atoms with Gasteiger partial charge in [0.25, 0.3) is 11.5 Å². The number of hydrogen-bond acceptors (Lipinski definition) is 5. The molecular formula is C28H22ClN3O3S. The standard InChI is InChI=1S/C28H22ClN3O3S/c1-17-24(26(33)31-21-8-4-3-5-9-21)25(19-7-6-10-22(16-19)35-2)32-27(34)23(36-28(32)30-17)15-18-11-13-20(29)14-12-18/h3-16,25H,1-2H3,(H,31,33)/b23-15-/t25-/m0/s1. The number of carbonyl (C=O) groups excluding carboxylic acids is 1. The lowest BCUT2D eigenvalue weighted by molar-refractivity contribution is -0.113. The number of fused-ring (bicyclic) bond motifs is 1. The molecule has 1 atom stereocenters. The zero-order chi connectivity index (χ0) is 25.2. The minimum Gasteiger partial charge on any atom is -0.497 e. The molecule has 36 heavy (non-hydrogen) atoms. The van der Waals surface area contributed by atoms with Crippen LogP contribution in [0.3, 0.4) is 0 Å². The fourth-order valence-electron chi connectivity index (χ4n) is 4.17. The van der Waals surface area contributed by atoms with Crippen LogP contribution < -0.4 is 24.9 Å². The second-order valence-electron chi connectivity index (χ2n) is 8.23. The van der Waals surface area contributed by atoms with Gasteiger partial charge in [0.1, 0.15) is 5.75 Å². The molecule has 6 nitrogen and oxygen atoms in total. The highest BCUT2D eigenvalue weighted by Gasteiger charge is 2.32. The van der Waals surface area contributed by atoms with Gasteiger partial charge in [-0.3, -0.25) is 14.2 Å². The molecule has 5 rings (SSSR count). The van der Waals surface area contributed by atoms with Crippen molar-refractivity contribution in [2.75, 3.05) is 12.4 Å². The van der Waals surface area contributed by atoms with Gasteiger partial charge in [-0.1, -0.05) is 65.4 Å². The SMILES string of the molecule is COc1cccc([C@H]2C(C(=O)Nc3ccccc3)=C(C)N=c3s/c(=C\c4ccc(Cl)cc4)c(=O)n32)c1. The van der Waals surface area contributed by atoms with Gasteiger partial charge in [-0.25, -0.2) is 4.99 Å². The van der Waals surface area contributed by atoms with E-state index in [4.69, 9.17) is 16.3 Å². The number of nitrogens with zero attached hydrogens (tertiary/aromatic N) is 2. The minimum absolute atomic E-state index is 0.223. The van der Waals surface area contributed by atoms with Crippen molar-refractivity contribution in [1.82, 2.24) is 4.57 Å². The van der Waals surface area contributed by atoms with Crippen LogP contribution >= 0.6 is 22.9 Å². The lowest BCUT2D eigenvalue weighted by Crippen LogP contribution is -2.40. The fourth-order valence-corrected chi connectivity index (χ4v) is 5.34. The molecule has 2 heterocycles. The minimum atomic E-state index is -0.674. The summed E-state index contributed by atoms with van der Waals surface area (Å²) in [5, 5.41) is 3.57. The van der Waals surface area contributed by atoms with Gasteiger partial charge < -0.3 is 10.1 Å². The Morgan fingerprint density at radius 3 is 2.56 bits per heavy atom. The number of benzene rings is 3. The van der Waals surface area contributed by atoms with Crippen molar-refractivity contribution < 1.29 is 9.53 Å². The number of methoxy groups -OCH3 is 1. The van der Waals surface area contributed by atoms with E-state index in [0.29, 0.717) is 37.1 Å². The second kappa shape index (κ2) is 9.97. The quantitative estimate of drug-likeness (QED) is 0.424. The number of rotatable bonds is 5. The molecule has 3 aromatic carbocycles. The van der Waals surface area contributed by atoms with Crippen LogP contribution in [0.5, 0.6) is 5.75 Å². The third-order valence-corrected chi connectivity index (χ3v) is 7.11. The zero-order valence-electron chi connectivity index (χ0n) is 19.6. The number of para-hydroxylation sites is 1. The van der Waals surface area contributed by atoms with Crippen molar-refractivity contribution in [2.24, 2.45) is 4.99 Å². The Labute approximate surface area is 216 Å². The monoisotopic (exact) mass is 515 g/mol. The molecule has 0 spiro atoms. The van der Waals surface area contributed by atoms with E-state index in [2.05, 4.69) is 10.3 Å². The summed E-state index contributed by atoms with van der Waals surface area (Å²) in [6.07, 6.45) is 1.81. The first-order valence-corrected chi connectivity index (χ1v) is 12.4. The van der Waals surface area contributed by atoms with Crippen molar-refractivity contribution in [2.45, 2.75) is 13.0 Å². The third-order valence-electron chi connectivity index (χ3n) is 5.88. The molecule has 180 valence electrons. The van der Waals surface area contributed by atoms with Crippen LogP contribution in [0.15, 0.2) is 99.9 Å². The van der Waals surface area contributed by atoms with E-state index in [1.165, 1.54) is 11.3 Å². The number of amides is 1. The summed E-state index contributed by atoms with van der Waals surface area (Å²) in [5.74, 6) is 0.315. The Morgan fingerprint density at radius 2 is 1.83 bits per heavy atom. The first kappa shape index (κ1) is 23.8. The summed E-state index contributed by atoms with van der Waals surface area (Å²) in [5.41, 5.74) is 2.99. The maximum atomic E-state index is 13.7. The van der Waals surface area contributed by atoms with Crippen molar-refractivity contribution in [1.29, 1.82) is 0 Å². The van der Waals surface area contributed by atoms with E-state index in [-0.39, 0.29) is 11.5 Å². The number of hydrogen-bond donors (Lipinski definition) is 1. The van der Waals surface area contributed by atoms with Crippen LogP contribution in [0.1, 0.15) is 24.1 Å². The Bertz CT molecular complexity index is 1650. The molecule has 1 aromatic heterocycles. The van der Waals surface area contributed by atoms with Gasteiger partial charge >= 0.3 is 0 Å². The van der Waals surface area contributed by atoms with Crippen molar-refractivity contribution >= 4 is 40.6 Å². The molecule has 0 saturated heterocycles. The van der Waals surface area contributed by atoms with E-state index < -0.39 is 6.04 Å². The van der Waals surface area contributed by atoms with Crippen LogP contribution in [0.4, 0.5) is 5.69 Å². The predicted octanol–water partition coefficient (Wildman–Crippen LogP) is 4.54. The highest BCUT2D eigenvalue weighted by Crippen LogP contribution is 2.32. The number of aromatic nitrogens is 1. The van der Waals surface area contributed by atoms with Crippen molar-refractivity contribution in [3.63, 3.8) is 0 Å². The molecule has 1 N–H and O–H groups in total. The van der Waals surface area contributed by atoms with Gasteiger partial charge in [0.15, 0.2) is 4.80 Å². The summed E-state index contributed by atoms with van der Waals surface area (Å²) in [6, 6.07) is 23.2. The van der Waals surface area contributed by atoms with Gasteiger partial charge in [-0.15, -0.1) is 0 Å². The lowest BCUT2D eigenvalue weighted by atomic mass is 9.95. The average molecular weight is 516 g/mol. The molecule has 0 fully saturated rings. The highest BCUT2D eigenvalue weighted by molar-refractivity contribution is 7.07. The van der Waals surface area contributed by atoms with Crippen LogP contribution in [0.25, 0.3) is 6.08 Å². The van der Waals surface area contributed by atoms with Gasteiger partial charge in [0.05, 0.1) is 29.0 Å².